The third kappa shape index (κ3) is 4.37. The van der Waals surface area contributed by atoms with Crippen LogP contribution in [0.15, 0.2) is 0 Å². The summed E-state index contributed by atoms with van der Waals surface area (Å²) in [5.74, 6) is 0.477. The van der Waals surface area contributed by atoms with Crippen LogP contribution in [0.5, 0.6) is 0 Å². The number of thiol groups is 1. The zero-order valence-corrected chi connectivity index (χ0v) is 8.44. The predicted octanol–water partition coefficient (Wildman–Crippen LogP) is 0.785. The van der Waals surface area contributed by atoms with Crippen molar-refractivity contribution in [1.29, 1.82) is 0 Å². The van der Waals surface area contributed by atoms with Gasteiger partial charge in [-0.15, -0.1) is 0 Å². The number of hydrogen-bond donors (Lipinski definition) is 2. The van der Waals surface area contributed by atoms with Gasteiger partial charge in [0.2, 0.25) is 10.9 Å². The Morgan fingerprint density at radius 3 is 2.09 bits per heavy atom. The highest BCUT2D eigenvalue weighted by Crippen LogP contribution is 2.24. The fraction of sp³-hybridized carbons (Fsp3) is 1.00. The Hall–Kier alpha value is -0.0900. The normalized spacial score (nSPS) is 12.9. The van der Waals surface area contributed by atoms with Crippen molar-refractivity contribution in [2.75, 3.05) is 6.54 Å². The summed E-state index contributed by atoms with van der Waals surface area (Å²) in [5.41, 5.74) is 0.0371. The van der Waals surface area contributed by atoms with E-state index in [1.165, 1.54) is 0 Å². The van der Waals surface area contributed by atoms with E-state index in [2.05, 4.69) is 18.6 Å². The third-order valence-electron chi connectivity index (χ3n) is 2.23. The topological polar surface area (TPSA) is 46.2 Å². The molecule has 0 aliphatic heterocycles. The van der Waals surface area contributed by atoms with Crippen molar-refractivity contribution in [2.24, 2.45) is 11.3 Å². The second kappa shape index (κ2) is 4.07. The standard InChI is InChI=1S/C7H17NO2S/c1-6(2)7(3,4)5-8-11(9)10/h6,11H,5H2,1-4H3,(H,8,9,10). The van der Waals surface area contributed by atoms with Crippen LogP contribution >= 0.6 is 0 Å². The summed E-state index contributed by atoms with van der Waals surface area (Å²) in [6, 6.07) is 0. The van der Waals surface area contributed by atoms with Gasteiger partial charge in [-0.2, -0.15) is 0 Å². The molecule has 1 N–H and O–H groups in total. The van der Waals surface area contributed by atoms with Gasteiger partial charge in [0.1, 0.15) is 0 Å². The Morgan fingerprint density at radius 2 is 1.82 bits per heavy atom. The second-order valence-corrected chi connectivity index (χ2v) is 4.57. The molecule has 0 heterocycles. The number of nitrogens with one attached hydrogen (secondary N) is 1. The molecular weight excluding hydrogens is 162 g/mol. The minimum Gasteiger partial charge on any atom is -0.217 e. The Kier molecular flexibility index (Phi) is 4.03. The van der Waals surface area contributed by atoms with Crippen LogP contribution in [-0.2, 0) is 10.9 Å². The number of rotatable bonds is 4. The van der Waals surface area contributed by atoms with Gasteiger partial charge < -0.3 is 0 Å². The van der Waals surface area contributed by atoms with Crippen LogP contribution in [0.4, 0.5) is 0 Å². The minimum absolute atomic E-state index is 0.0371. The van der Waals surface area contributed by atoms with Gasteiger partial charge >= 0.3 is 0 Å². The van der Waals surface area contributed by atoms with Crippen molar-refractivity contribution >= 4 is 10.9 Å². The zero-order valence-electron chi connectivity index (χ0n) is 7.55. The van der Waals surface area contributed by atoms with Gasteiger partial charge in [0.25, 0.3) is 0 Å². The van der Waals surface area contributed by atoms with Gasteiger partial charge in [0.15, 0.2) is 0 Å². The molecule has 0 aromatic carbocycles. The van der Waals surface area contributed by atoms with Crippen molar-refractivity contribution in [3.05, 3.63) is 0 Å². The van der Waals surface area contributed by atoms with Gasteiger partial charge in [-0.1, -0.05) is 27.7 Å². The highest BCUT2D eigenvalue weighted by molar-refractivity contribution is 7.70. The molecule has 0 aromatic rings. The zero-order chi connectivity index (χ0) is 9.07. The lowest BCUT2D eigenvalue weighted by molar-refractivity contribution is 0.253. The van der Waals surface area contributed by atoms with Crippen molar-refractivity contribution in [2.45, 2.75) is 27.7 Å². The van der Waals surface area contributed by atoms with E-state index in [9.17, 15) is 8.42 Å². The van der Waals surface area contributed by atoms with Crippen LogP contribution in [0.3, 0.4) is 0 Å². The smallest absolute Gasteiger partial charge is 0.201 e. The molecule has 0 saturated carbocycles. The lowest BCUT2D eigenvalue weighted by atomic mass is 9.81. The van der Waals surface area contributed by atoms with Crippen molar-refractivity contribution in [1.82, 2.24) is 4.72 Å². The monoisotopic (exact) mass is 179 g/mol. The lowest BCUT2D eigenvalue weighted by Crippen LogP contribution is -2.32. The molecular formula is C7H17NO2S. The Labute approximate surface area is 70.3 Å². The lowest BCUT2D eigenvalue weighted by Gasteiger charge is -2.28. The molecule has 0 amide bonds. The molecule has 0 atom stereocenters. The average Bonchev–Trinajstić information content (AvgIpc) is 1.84. The van der Waals surface area contributed by atoms with Crippen LogP contribution in [-0.4, -0.2) is 15.0 Å². The van der Waals surface area contributed by atoms with Crippen LogP contribution in [0.2, 0.25) is 0 Å². The van der Waals surface area contributed by atoms with E-state index in [-0.39, 0.29) is 5.41 Å². The molecule has 0 spiro atoms. The molecule has 11 heavy (non-hydrogen) atoms. The molecule has 4 heteroatoms. The van der Waals surface area contributed by atoms with E-state index in [0.717, 1.165) is 0 Å². The van der Waals surface area contributed by atoms with Crippen LogP contribution in [0.1, 0.15) is 27.7 Å². The minimum atomic E-state index is -2.44. The molecule has 0 unspecified atom stereocenters. The molecule has 0 radical (unpaired) electrons. The molecule has 0 fully saturated rings. The van der Waals surface area contributed by atoms with Gasteiger partial charge in [0.05, 0.1) is 0 Å². The van der Waals surface area contributed by atoms with Crippen molar-refractivity contribution < 1.29 is 8.42 Å². The van der Waals surface area contributed by atoms with Crippen LogP contribution < -0.4 is 4.72 Å². The van der Waals surface area contributed by atoms with E-state index in [4.69, 9.17) is 0 Å². The molecule has 0 saturated heterocycles. The molecule has 3 nitrogen and oxygen atoms in total. The highest BCUT2D eigenvalue weighted by atomic mass is 32.2. The van der Waals surface area contributed by atoms with Crippen LogP contribution in [0.25, 0.3) is 0 Å². The summed E-state index contributed by atoms with van der Waals surface area (Å²) in [6.45, 7) is 8.77. The summed E-state index contributed by atoms with van der Waals surface area (Å²) in [5, 5.41) is 0. The summed E-state index contributed by atoms with van der Waals surface area (Å²) >= 11 is 0. The maximum absolute atomic E-state index is 10.2. The Balaban J connectivity index is 3.92. The second-order valence-electron chi connectivity index (χ2n) is 3.74. The first-order valence-electron chi connectivity index (χ1n) is 3.74. The van der Waals surface area contributed by atoms with Gasteiger partial charge in [-0.3, -0.25) is 0 Å². The first-order chi connectivity index (χ1) is 4.86. The Morgan fingerprint density at radius 1 is 1.36 bits per heavy atom. The average molecular weight is 179 g/mol. The summed E-state index contributed by atoms with van der Waals surface area (Å²) in [4.78, 5) is 0. The van der Waals surface area contributed by atoms with Crippen LogP contribution in [0, 0.1) is 11.3 Å². The quantitative estimate of drug-likeness (QED) is 0.627. The SMILES string of the molecule is CC(C)C(C)(C)CN[SH](=O)=O. The van der Waals surface area contributed by atoms with Gasteiger partial charge in [0, 0.05) is 6.54 Å². The first-order valence-corrected chi connectivity index (χ1v) is 4.92. The molecule has 68 valence electrons. The van der Waals surface area contributed by atoms with E-state index < -0.39 is 10.9 Å². The molecule has 0 aliphatic carbocycles. The highest BCUT2D eigenvalue weighted by Gasteiger charge is 2.21. The van der Waals surface area contributed by atoms with E-state index in [1.807, 2.05) is 13.8 Å². The first kappa shape index (κ1) is 10.9. The van der Waals surface area contributed by atoms with E-state index >= 15 is 0 Å². The van der Waals surface area contributed by atoms with E-state index in [1.54, 1.807) is 0 Å². The van der Waals surface area contributed by atoms with Crippen molar-refractivity contribution in [3.63, 3.8) is 0 Å². The summed E-state index contributed by atoms with van der Waals surface area (Å²) in [6.07, 6.45) is 0. The van der Waals surface area contributed by atoms with E-state index in [0.29, 0.717) is 12.5 Å². The maximum Gasteiger partial charge on any atom is 0.201 e. The molecule has 0 bridgehead atoms. The summed E-state index contributed by atoms with van der Waals surface area (Å²) < 4.78 is 22.8. The molecule has 0 aliphatic rings. The third-order valence-corrected chi connectivity index (χ3v) is 2.64. The fourth-order valence-electron chi connectivity index (χ4n) is 0.472. The Bertz CT molecular complexity index is 177. The maximum atomic E-state index is 10.2. The molecule has 0 rings (SSSR count). The predicted molar refractivity (Wildman–Crippen MR) is 46.9 cm³/mol. The van der Waals surface area contributed by atoms with Gasteiger partial charge in [-0.05, 0) is 11.3 Å². The largest absolute Gasteiger partial charge is 0.217 e. The summed E-state index contributed by atoms with van der Waals surface area (Å²) in [7, 11) is -2.44. The van der Waals surface area contributed by atoms with Crippen molar-refractivity contribution in [3.8, 4) is 0 Å². The van der Waals surface area contributed by atoms with Gasteiger partial charge in [-0.25, -0.2) is 13.1 Å². The fourth-order valence-corrected chi connectivity index (χ4v) is 1.01. The number of hydrogen-bond acceptors (Lipinski definition) is 2. The molecule has 0 aromatic heterocycles.